The van der Waals surface area contributed by atoms with Crippen molar-refractivity contribution in [1.29, 1.82) is 0 Å². The van der Waals surface area contributed by atoms with Crippen molar-refractivity contribution in [2.24, 2.45) is 23.2 Å². The number of carbonyl (C=O) groups is 1. The normalized spacial score (nSPS) is 41.6. The molecular weight excluding hydrogens is 352 g/mol. The molecule has 2 saturated heterocycles. The van der Waals surface area contributed by atoms with E-state index in [-0.39, 0.29) is 29.0 Å². The van der Waals surface area contributed by atoms with Crippen LogP contribution in [0.25, 0.3) is 0 Å². The van der Waals surface area contributed by atoms with Gasteiger partial charge in [-0.1, -0.05) is 13.0 Å². The van der Waals surface area contributed by atoms with Crippen molar-refractivity contribution < 1.29 is 14.3 Å². The number of rotatable bonds is 5. The predicted molar refractivity (Wildman–Crippen MR) is 106 cm³/mol. The molecular formula is C23H32N2O3. The molecule has 0 aromatic carbocycles. The molecule has 28 heavy (non-hydrogen) atoms. The van der Waals surface area contributed by atoms with E-state index in [1.165, 1.54) is 19.3 Å². The number of likely N-dealkylation sites (N-methyl/N-ethyl adjacent to an activating group) is 1. The highest BCUT2D eigenvalue weighted by Gasteiger charge is 2.65. The fourth-order valence-corrected chi connectivity index (χ4v) is 6.44. The molecule has 2 aliphatic carbocycles. The average Bonchev–Trinajstić information content (AvgIpc) is 3.38. The summed E-state index contributed by atoms with van der Waals surface area (Å²) >= 11 is 0. The number of ether oxygens (including phenoxy) is 2. The smallest absolute Gasteiger partial charge is 0.310 e. The minimum atomic E-state index is 0.000934. The summed E-state index contributed by atoms with van der Waals surface area (Å²) in [6, 6.07) is 6.04. The van der Waals surface area contributed by atoms with Crippen molar-refractivity contribution in [3.8, 4) is 0 Å². The number of epoxide rings is 1. The highest BCUT2D eigenvalue weighted by molar-refractivity contribution is 5.75. The number of hydrogen-bond acceptors (Lipinski definition) is 5. The summed E-state index contributed by atoms with van der Waals surface area (Å²) in [5.41, 5.74) is 1.50. The minimum Gasteiger partial charge on any atom is -0.462 e. The van der Waals surface area contributed by atoms with Crippen LogP contribution in [0.3, 0.4) is 0 Å². The first kappa shape index (κ1) is 18.6. The Kier molecular flexibility index (Phi) is 4.51. The van der Waals surface area contributed by atoms with Crippen molar-refractivity contribution in [2.45, 2.75) is 57.2 Å². The van der Waals surface area contributed by atoms with Gasteiger partial charge in [0.1, 0.15) is 6.10 Å². The molecule has 4 fully saturated rings. The van der Waals surface area contributed by atoms with Crippen LogP contribution >= 0.6 is 0 Å². The lowest BCUT2D eigenvalue weighted by Crippen LogP contribution is -2.51. The fraction of sp³-hybridized carbons (Fsp3) is 0.739. The Balaban J connectivity index is 1.25. The molecule has 1 spiro atoms. The molecule has 0 N–H and O–H groups in total. The fourth-order valence-electron chi connectivity index (χ4n) is 6.44. The number of pyridine rings is 1. The van der Waals surface area contributed by atoms with Gasteiger partial charge in [-0.25, -0.2) is 0 Å². The zero-order valence-electron chi connectivity index (χ0n) is 17.1. The summed E-state index contributed by atoms with van der Waals surface area (Å²) in [5, 5.41) is 0. The van der Waals surface area contributed by atoms with E-state index >= 15 is 0 Å². The van der Waals surface area contributed by atoms with Crippen LogP contribution in [0.4, 0.5) is 0 Å². The van der Waals surface area contributed by atoms with Gasteiger partial charge in [0.2, 0.25) is 0 Å². The first-order chi connectivity index (χ1) is 13.5. The van der Waals surface area contributed by atoms with Gasteiger partial charge < -0.3 is 14.4 Å². The highest BCUT2D eigenvalue weighted by atomic mass is 16.6. The molecule has 2 aliphatic heterocycles. The van der Waals surface area contributed by atoms with Crippen LogP contribution in [0, 0.1) is 23.2 Å². The number of carbonyl (C=O) groups excluding carboxylic acids is 1. The Hall–Kier alpha value is -1.46. The monoisotopic (exact) mass is 384 g/mol. The summed E-state index contributed by atoms with van der Waals surface area (Å²) < 4.78 is 11.9. The first-order valence-electron chi connectivity index (χ1n) is 10.9. The third kappa shape index (κ3) is 3.17. The van der Waals surface area contributed by atoms with Gasteiger partial charge in [-0.05, 0) is 62.6 Å². The molecule has 0 amide bonds. The highest BCUT2D eigenvalue weighted by Crippen LogP contribution is 2.62. The van der Waals surface area contributed by atoms with Gasteiger partial charge in [0.15, 0.2) is 0 Å². The Labute approximate surface area is 167 Å². The van der Waals surface area contributed by atoms with Crippen molar-refractivity contribution in [3.63, 3.8) is 0 Å². The van der Waals surface area contributed by atoms with E-state index in [0.29, 0.717) is 11.8 Å². The number of hydrogen-bond donors (Lipinski definition) is 0. The molecule has 2 unspecified atom stereocenters. The van der Waals surface area contributed by atoms with E-state index in [9.17, 15) is 4.79 Å². The molecule has 3 heterocycles. The molecule has 0 radical (unpaired) electrons. The van der Waals surface area contributed by atoms with Gasteiger partial charge in [0.25, 0.3) is 0 Å². The largest absolute Gasteiger partial charge is 0.462 e. The van der Waals surface area contributed by atoms with Crippen LogP contribution in [-0.4, -0.2) is 54.3 Å². The van der Waals surface area contributed by atoms with E-state index in [4.69, 9.17) is 9.47 Å². The van der Waals surface area contributed by atoms with Gasteiger partial charge >= 0.3 is 5.97 Å². The van der Waals surface area contributed by atoms with Crippen molar-refractivity contribution >= 4 is 5.97 Å². The maximum Gasteiger partial charge on any atom is 0.310 e. The van der Waals surface area contributed by atoms with Crippen LogP contribution < -0.4 is 0 Å². The average molecular weight is 385 g/mol. The second kappa shape index (κ2) is 6.81. The van der Waals surface area contributed by atoms with E-state index in [0.717, 1.165) is 44.7 Å². The SMILES string of the molecule is CN(CCc1ccccn1)CC1C(=O)O[C@@H]2C[C@@]3(C)CCC[C@]4(CO4)C3C[C@H]12. The van der Waals surface area contributed by atoms with E-state index in [2.05, 4.69) is 29.9 Å². The molecule has 0 bridgehead atoms. The number of esters is 1. The van der Waals surface area contributed by atoms with Gasteiger partial charge in [-0.15, -0.1) is 0 Å². The Morgan fingerprint density at radius 1 is 1.32 bits per heavy atom. The van der Waals surface area contributed by atoms with Crippen LogP contribution in [0.2, 0.25) is 0 Å². The van der Waals surface area contributed by atoms with Crippen LogP contribution in [-0.2, 0) is 20.7 Å². The molecule has 1 aromatic rings. The minimum absolute atomic E-state index is 0.000934. The van der Waals surface area contributed by atoms with Gasteiger partial charge in [-0.3, -0.25) is 9.78 Å². The summed E-state index contributed by atoms with van der Waals surface area (Å²) in [6.07, 6.45) is 8.67. The van der Waals surface area contributed by atoms with Crippen LogP contribution in [0.5, 0.6) is 0 Å². The van der Waals surface area contributed by atoms with E-state index in [1.807, 2.05) is 18.3 Å². The maximum absolute atomic E-state index is 12.7. The molecule has 6 atom stereocenters. The van der Waals surface area contributed by atoms with Gasteiger partial charge in [0, 0.05) is 37.3 Å². The topological polar surface area (TPSA) is 55.0 Å². The Morgan fingerprint density at radius 3 is 2.93 bits per heavy atom. The number of aromatic nitrogens is 1. The van der Waals surface area contributed by atoms with Gasteiger partial charge in [0.05, 0.1) is 18.1 Å². The molecule has 1 aromatic heterocycles. The first-order valence-corrected chi connectivity index (χ1v) is 10.9. The number of nitrogens with zero attached hydrogens (tertiary/aromatic N) is 2. The third-order valence-corrected chi connectivity index (χ3v) is 8.06. The lowest BCUT2D eigenvalue weighted by Gasteiger charge is -2.51. The van der Waals surface area contributed by atoms with E-state index < -0.39 is 0 Å². The summed E-state index contributed by atoms with van der Waals surface area (Å²) in [7, 11) is 2.11. The number of fused-ring (bicyclic) bond motifs is 3. The zero-order chi connectivity index (χ0) is 19.4. The summed E-state index contributed by atoms with van der Waals surface area (Å²) in [5.74, 6) is 0.960. The maximum atomic E-state index is 12.7. The van der Waals surface area contributed by atoms with Gasteiger partial charge in [-0.2, -0.15) is 0 Å². The molecule has 2 saturated carbocycles. The lowest BCUT2D eigenvalue weighted by atomic mass is 9.53. The molecule has 5 nitrogen and oxygen atoms in total. The Morgan fingerprint density at radius 2 is 2.18 bits per heavy atom. The molecule has 5 rings (SSSR count). The zero-order valence-corrected chi connectivity index (χ0v) is 17.1. The van der Waals surface area contributed by atoms with Crippen molar-refractivity contribution in [1.82, 2.24) is 9.88 Å². The standard InChI is InChI=1S/C23H32N2O3/c1-22-8-5-9-23(15-27-23)20(22)12-17-18(21(26)28-19(17)13-22)14-25(2)11-7-16-6-3-4-10-24-16/h3-4,6,10,17-20H,5,7-9,11-15H2,1-2H3/t17-,18?,19-,20?,22-,23+/m1/s1. The molecule has 152 valence electrons. The van der Waals surface area contributed by atoms with Crippen LogP contribution in [0.1, 0.15) is 44.7 Å². The lowest BCUT2D eigenvalue weighted by molar-refractivity contribution is -0.147. The van der Waals surface area contributed by atoms with Crippen LogP contribution in [0.15, 0.2) is 24.4 Å². The third-order valence-electron chi connectivity index (χ3n) is 8.06. The Bertz CT molecular complexity index is 735. The second-order valence-electron chi connectivity index (χ2n) is 9.93. The molecule has 5 heteroatoms. The summed E-state index contributed by atoms with van der Waals surface area (Å²) in [6.45, 7) is 5.03. The van der Waals surface area contributed by atoms with E-state index in [1.54, 1.807) is 0 Å². The molecule has 4 aliphatic rings. The summed E-state index contributed by atoms with van der Waals surface area (Å²) in [4.78, 5) is 19.4. The van der Waals surface area contributed by atoms with Crippen molar-refractivity contribution in [3.05, 3.63) is 30.1 Å². The van der Waals surface area contributed by atoms with Crippen molar-refractivity contribution in [2.75, 3.05) is 26.7 Å². The second-order valence-corrected chi connectivity index (χ2v) is 9.93. The quantitative estimate of drug-likeness (QED) is 0.577. The predicted octanol–water partition coefficient (Wildman–Crippen LogP) is 3.08.